The van der Waals surface area contributed by atoms with Crippen LogP contribution in [-0.4, -0.2) is 23.5 Å². The van der Waals surface area contributed by atoms with Crippen molar-refractivity contribution < 1.29 is 14.7 Å². The van der Waals surface area contributed by atoms with Crippen LogP contribution in [0.5, 0.6) is 0 Å². The van der Waals surface area contributed by atoms with Gasteiger partial charge in [0.2, 0.25) is 5.91 Å². The first-order chi connectivity index (χ1) is 9.02. The Morgan fingerprint density at radius 1 is 1.05 bits per heavy atom. The van der Waals surface area contributed by atoms with E-state index in [0.29, 0.717) is 24.3 Å². The highest BCUT2D eigenvalue weighted by Gasteiger charge is 2.38. The van der Waals surface area contributed by atoms with E-state index in [2.05, 4.69) is 33.0 Å². The molecule has 4 nitrogen and oxygen atoms in total. The molecule has 0 aliphatic heterocycles. The number of aliphatic carboxylic acids is 1. The first kappa shape index (κ1) is 18.9. The summed E-state index contributed by atoms with van der Waals surface area (Å²) in [6, 6.07) is 0. The molecule has 1 atom stereocenters. The molecule has 0 radical (unpaired) electrons. The van der Waals surface area contributed by atoms with Crippen molar-refractivity contribution in [3.05, 3.63) is 0 Å². The van der Waals surface area contributed by atoms with Crippen molar-refractivity contribution in [2.24, 2.45) is 29.1 Å². The van der Waals surface area contributed by atoms with Gasteiger partial charge in [0.1, 0.15) is 0 Å². The molecule has 0 aromatic carbocycles. The minimum atomic E-state index is -1.00. The molecule has 0 saturated carbocycles. The van der Waals surface area contributed by atoms with Gasteiger partial charge >= 0.3 is 5.97 Å². The molecule has 0 aromatic heterocycles. The third-order valence-electron chi connectivity index (χ3n) is 4.54. The molecule has 0 aliphatic carbocycles. The van der Waals surface area contributed by atoms with Crippen molar-refractivity contribution >= 4 is 11.9 Å². The van der Waals surface area contributed by atoms with Gasteiger partial charge < -0.3 is 10.4 Å². The lowest BCUT2D eigenvalue weighted by atomic mass is 9.76. The number of amides is 1. The Bertz CT molecular complexity index is 329. The first-order valence-corrected chi connectivity index (χ1v) is 7.52. The van der Waals surface area contributed by atoms with E-state index in [1.54, 1.807) is 6.92 Å². The second-order valence-corrected chi connectivity index (χ2v) is 7.01. The maximum Gasteiger partial charge on any atom is 0.310 e. The van der Waals surface area contributed by atoms with Crippen LogP contribution in [0.15, 0.2) is 0 Å². The van der Waals surface area contributed by atoms with Crippen molar-refractivity contribution in [3.8, 4) is 0 Å². The van der Waals surface area contributed by atoms with E-state index in [0.717, 1.165) is 0 Å². The zero-order chi connectivity index (χ0) is 16.1. The molecule has 0 spiro atoms. The van der Waals surface area contributed by atoms with Gasteiger partial charge in [0.15, 0.2) is 0 Å². The minimum absolute atomic E-state index is 0.0307. The SMILES string of the molecule is CC(C)C(CNC(=O)CC(C)(C(=O)O)C(C)C)C(C)C. The van der Waals surface area contributed by atoms with E-state index >= 15 is 0 Å². The lowest BCUT2D eigenvalue weighted by Gasteiger charge is -2.29. The molecule has 1 unspecified atom stereocenters. The topological polar surface area (TPSA) is 66.4 Å². The number of rotatable bonds is 8. The van der Waals surface area contributed by atoms with Crippen LogP contribution in [-0.2, 0) is 9.59 Å². The van der Waals surface area contributed by atoms with Gasteiger partial charge in [0.05, 0.1) is 5.41 Å². The van der Waals surface area contributed by atoms with Gasteiger partial charge in [-0.05, 0) is 30.6 Å². The predicted octanol–water partition coefficient (Wildman–Crippen LogP) is 3.17. The van der Waals surface area contributed by atoms with Crippen LogP contribution < -0.4 is 5.32 Å². The second kappa shape index (κ2) is 7.65. The van der Waals surface area contributed by atoms with Gasteiger partial charge in [0, 0.05) is 13.0 Å². The molecular formula is C16H31NO3. The summed E-state index contributed by atoms with van der Waals surface area (Å²) in [5.41, 5.74) is -1.00. The van der Waals surface area contributed by atoms with E-state index in [1.165, 1.54) is 0 Å². The van der Waals surface area contributed by atoms with Crippen molar-refractivity contribution in [3.63, 3.8) is 0 Å². The fourth-order valence-electron chi connectivity index (χ4n) is 2.40. The van der Waals surface area contributed by atoms with Crippen LogP contribution in [0.3, 0.4) is 0 Å². The quantitative estimate of drug-likeness (QED) is 0.720. The molecule has 20 heavy (non-hydrogen) atoms. The van der Waals surface area contributed by atoms with Crippen LogP contribution in [0.25, 0.3) is 0 Å². The van der Waals surface area contributed by atoms with Crippen LogP contribution in [0.2, 0.25) is 0 Å². The van der Waals surface area contributed by atoms with E-state index in [9.17, 15) is 14.7 Å². The number of carbonyl (C=O) groups excluding carboxylic acids is 1. The van der Waals surface area contributed by atoms with Gasteiger partial charge in [-0.25, -0.2) is 0 Å². The van der Waals surface area contributed by atoms with Crippen molar-refractivity contribution in [2.75, 3.05) is 6.54 Å². The Balaban J connectivity index is 4.60. The number of nitrogens with one attached hydrogen (secondary N) is 1. The summed E-state index contributed by atoms with van der Waals surface area (Å²) in [7, 11) is 0. The first-order valence-electron chi connectivity index (χ1n) is 7.52. The highest BCUT2D eigenvalue weighted by atomic mass is 16.4. The summed E-state index contributed by atoms with van der Waals surface area (Å²) in [5, 5.41) is 12.2. The highest BCUT2D eigenvalue weighted by Crippen LogP contribution is 2.31. The molecule has 0 saturated heterocycles. The van der Waals surface area contributed by atoms with Crippen LogP contribution >= 0.6 is 0 Å². The largest absolute Gasteiger partial charge is 0.481 e. The Morgan fingerprint density at radius 3 is 1.80 bits per heavy atom. The van der Waals surface area contributed by atoms with Gasteiger partial charge in [-0.1, -0.05) is 41.5 Å². The Morgan fingerprint density at radius 2 is 1.50 bits per heavy atom. The number of carboxylic acid groups (broad SMARTS) is 1. The molecule has 2 N–H and O–H groups in total. The van der Waals surface area contributed by atoms with Crippen molar-refractivity contribution in [1.29, 1.82) is 0 Å². The van der Waals surface area contributed by atoms with Crippen molar-refractivity contribution in [2.45, 2.75) is 54.9 Å². The zero-order valence-electron chi connectivity index (χ0n) is 14.0. The molecular weight excluding hydrogens is 254 g/mol. The fraction of sp³-hybridized carbons (Fsp3) is 0.875. The predicted molar refractivity (Wildman–Crippen MR) is 81.4 cm³/mol. The summed E-state index contributed by atoms with van der Waals surface area (Å²) >= 11 is 0. The summed E-state index contributed by atoms with van der Waals surface area (Å²) in [6.07, 6.45) is 0.0307. The van der Waals surface area contributed by atoms with E-state index in [-0.39, 0.29) is 18.2 Å². The molecule has 0 rings (SSSR count). The van der Waals surface area contributed by atoms with Crippen LogP contribution in [0.4, 0.5) is 0 Å². The zero-order valence-corrected chi connectivity index (χ0v) is 14.0. The smallest absolute Gasteiger partial charge is 0.310 e. The maximum absolute atomic E-state index is 12.0. The highest BCUT2D eigenvalue weighted by molar-refractivity contribution is 5.84. The molecule has 0 aliphatic rings. The Kier molecular flexibility index (Phi) is 7.25. The van der Waals surface area contributed by atoms with Gasteiger partial charge in [-0.3, -0.25) is 9.59 Å². The fourth-order valence-corrected chi connectivity index (χ4v) is 2.40. The van der Waals surface area contributed by atoms with Crippen molar-refractivity contribution in [1.82, 2.24) is 5.32 Å². The van der Waals surface area contributed by atoms with Gasteiger partial charge in [-0.15, -0.1) is 0 Å². The van der Waals surface area contributed by atoms with E-state index in [1.807, 2.05) is 13.8 Å². The second-order valence-electron chi connectivity index (χ2n) is 7.01. The average molecular weight is 285 g/mol. The van der Waals surface area contributed by atoms with Gasteiger partial charge in [0.25, 0.3) is 0 Å². The third kappa shape index (κ3) is 5.14. The molecule has 0 fully saturated rings. The molecule has 0 heterocycles. The number of hydrogen-bond donors (Lipinski definition) is 2. The number of carboxylic acids is 1. The summed E-state index contributed by atoms with van der Waals surface area (Å²) in [4.78, 5) is 23.4. The maximum atomic E-state index is 12.0. The third-order valence-corrected chi connectivity index (χ3v) is 4.54. The van der Waals surface area contributed by atoms with Gasteiger partial charge in [-0.2, -0.15) is 0 Å². The molecule has 0 bridgehead atoms. The lowest BCUT2D eigenvalue weighted by molar-refractivity contribution is -0.153. The van der Waals surface area contributed by atoms with Crippen LogP contribution in [0, 0.1) is 29.1 Å². The summed E-state index contributed by atoms with van der Waals surface area (Å²) < 4.78 is 0. The summed E-state index contributed by atoms with van der Waals surface area (Å²) in [5.74, 6) is 0.227. The van der Waals surface area contributed by atoms with E-state index < -0.39 is 11.4 Å². The average Bonchev–Trinajstić information content (AvgIpc) is 2.27. The number of hydrogen-bond acceptors (Lipinski definition) is 2. The summed E-state index contributed by atoms with van der Waals surface area (Å²) in [6.45, 7) is 14.5. The molecule has 4 heteroatoms. The minimum Gasteiger partial charge on any atom is -0.481 e. The standard InChI is InChI=1S/C16H31NO3/c1-10(2)13(11(3)4)9-17-14(18)8-16(7,12(5)6)15(19)20/h10-13H,8-9H2,1-7H3,(H,17,18)(H,19,20). The van der Waals surface area contributed by atoms with E-state index in [4.69, 9.17) is 0 Å². The Labute approximate surface area is 123 Å². The normalized spacial score (nSPS) is 14.9. The van der Waals surface area contributed by atoms with Crippen LogP contribution in [0.1, 0.15) is 54.9 Å². The molecule has 0 aromatic rings. The molecule has 1 amide bonds. The lowest BCUT2D eigenvalue weighted by Crippen LogP contribution is -2.41. The Hall–Kier alpha value is -1.06. The molecule has 118 valence electrons. The number of carbonyl (C=O) groups is 2. The monoisotopic (exact) mass is 285 g/mol.